The van der Waals surface area contributed by atoms with Gasteiger partial charge < -0.3 is 21.1 Å². The molecule has 0 aromatic carbocycles. The second-order valence-corrected chi connectivity index (χ2v) is 7.84. The first-order valence-corrected chi connectivity index (χ1v) is 9.47. The summed E-state index contributed by atoms with van der Waals surface area (Å²) in [5.74, 6) is 1.85. The van der Waals surface area contributed by atoms with Crippen molar-refractivity contribution in [2.24, 2.45) is 5.92 Å². The van der Waals surface area contributed by atoms with Crippen LogP contribution in [0.2, 0.25) is 0 Å². The van der Waals surface area contributed by atoms with Crippen LogP contribution in [0.15, 0.2) is 17.5 Å². The summed E-state index contributed by atoms with van der Waals surface area (Å²) in [6.45, 7) is 2.09. The number of rotatable bonds is 3. The van der Waals surface area contributed by atoms with Gasteiger partial charge in [0, 0.05) is 23.1 Å². The highest BCUT2D eigenvalue weighted by Gasteiger charge is 2.52. The number of nitrogens with zero attached hydrogens (tertiary/aromatic N) is 2. The largest absolute Gasteiger partial charge is 0.490 e. The first-order chi connectivity index (χ1) is 12.5. The number of hydrogen-bond donors (Lipinski definition) is 3. The average Bonchev–Trinajstić information content (AvgIpc) is 2.88. The monoisotopic (exact) mass is 357 g/mol. The first-order valence-electron chi connectivity index (χ1n) is 9.47. The second kappa shape index (κ2) is 6.45. The molecule has 1 aromatic rings. The smallest absolute Gasteiger partial charge is 0.247 e. The molecule has 1 saturated carbocycles. The molecule has 2 fully saturated rings. The van der Waals surface area contributed by atoms with E-state index in [2.05, 4.69) is 27.5 Å². The van der Waals surface area contributed by atoms with Crippen LogP contribution < -0.4 is 21.1 Å². The van der Waals surface area contributed by atoms with Crippen LogP contribution in [0.4, 0.5) is 11.6 Å². The summed E-state index contributed by atoms with van der Waals surface area (Å²) >= 11 is 0. The van der Waals surface area contributed by atoms with E-state index in [1.54, 1.807) is 7.11 Å². The molecule has 0 bridgehead atoms. The fourth-order valence-electron chi connectivity index (χ4n) is 5.15. The fourth-order valence-corrected chi connectivity index (χ4v) is 5.15. The second-order valence-electron chi connectivity index (χ2n) is 7.84. The summed E-state index contributed by atoms with van der Waals surface area (Å²) in [6.07, 6.45) is 8.99. The molecule has 4 rings (SSSR count). The molecule has 0 radical (unpaired) electrons. The van der Waals surface area contributed by atoms with E-state index in [0.717, 1.165) is 31.3 Å². The third-order valence-corrected chi connectivity index (χ3v) is 6.28. The predicted molar refractivity (Wildman–Crippen MR) is 99.8 cm³/mol. The lowest BCUT2D eigenvalue weighted by atomic mass is 9.67. The molecule has 140 valence electrons. The molecule has 1 aromatic heterocycles. The molecule has 2 aliphatic carbocycles. The van der Waals surface area contributed by atoms with Gasteiger partial charge in [-0.25, -0.2) is 9.97 Å². The Morgan fingerprint density at radius 2 is 2.08 bits per heavy atom. The van der Waals surface area contributed by atoms with E-state index in [1.807, 2.05) is 0 Å². The molecule has 1 amide bonds. The highest BCUT2D eigenvalue weighted by atomic mass is 16.5. The minimum atomic E-state index is -0.0545. The number of amides is 1. The number of nitrogen functional groups attached to an aromatic ring is 1. The summed E-state index contributed by atoms with van der Waals surface area (Å²) in [7, 11) is 1.57. The maximum Gasteiger partial charge on any atom is 0.247 e. The van der Waals surface area contributed by atoms with Crippen LogP contribution in [-0.4, -0.2) is 34.6 Å². The Hall–Kier alpha value is -2.31. The Labute approximate surface area is 153 Å². The Kier molecular flexibility index (Phi) is 4.25. The van der Waals surface area contributed by atoms with Crippen molar-refractivity contribution in [2.45, 2.75) is 63.5 Å². The van der Waals surface area contributed by atoms with E-state index in [4.69, 9.17) is 10.5 Å². The van der Waals surface area contributed by atoms with Gasteiger partial charge in [0.1, 0.15) is 6.33 Å². The molecule has 1 saturated heterocycles. The fraction of sp³-hybridized carbons (Fsp3) is 0.632. The van der Waals surface area contributed by atoms with Crippen LogP contribution in [-0.2, 0) is 4.79 Å². The molecule has 2 heterocycles. The number of aromatic nitrogens is 2. The lowest BCUT2D eigenvalue weighted by molar-refractivity contribution is -0.117. The van der Waals surface area contributed by atoms with Gasteiger partial charge in [-0.1, -0.05) is 24.8 Å². The molecular formula is C19H27N5O2. The average molecular weight is 357 g/mol. The molecular weight excluding hydrogens is 330 g/mol. The maximum absolute atomic E-state index is 12.7. The van der Waals surface area contributed by atoms with Crippen molar-refractivity contribution in [3.8, 4) is 5.75 Å². The number of fused-ring (bicyclic) bond motifs is 2. The molecule has 2 unspecified atom stereocenters. The summed E-state index contributed by atoms with van der Waals surface area (Å²) < 4.78 is 5.37. The van der Waals surface area contributed by atoms with Gasteiger partial charge in [0.15, 0.2) is 11.6 Å². The van der Waals surface area contributed by atoms with E-state index < -0.39 is 0 Å². The van der Waals surface area contributed by atoms with Crippen LogP contribution in [0.25, 0.3) is 0 Å². The number of nitrogens with one attached hydrogen (secondary N) is 2. The van der Waals surface area contributed by atoms with Crippen molar-refractivity contribution < 1.29 is 9.53 Å². The topological polar surface area (TPSA) is 102 Å². The molecule has 7 heteroatoms. The molecule has 1 aliphatic heterocycles. The zero-order valence-corrected chi connectivity index (χ0v) is 15.5. The highest BCUT2D eigenvalue weighted by Crippen LogP contribution is 2.48. The lowest BCUT2D eigenvalue weighted by Crippen LogP contribution is -2.49. The minimum Gasteiger partial charge on any atom is -0.490 e. The van der Waals surface area contributed by atoms with Crippen molar-refractivity contribution >= 4 is 17.5 Å². The Balaban J connectivity index is 1.61. The lowest BCUT2D eigenvalue weighted by Gasteiger charge is -2.41. The minimum absolute atomic E-state index is 0.0545. The predicted octanol–water partition coefficient (Wildman–Crippen LogP) is 2.41. The van der Waals surface area contributed by atoms with Crippen LogP contribution in [0, 0.1) is 5.92 Å². The zero-order valence-electron chi connectivity index (χ0n) is 15.5. The number of ether oxygens (including phenoxy) is 1. The quantitative estimate of drug-likeness (QED) is 0.768. The summed E-state index contributed by atoms with van der Waals surface area (Å²) in [4.78, 5) is 21.0. The van der Waals surface area contributed by atoms with Crippen LogP contribution in [0.3, 0.4) is 0 Å². The third-order valence-electron chi connectivity index (χ3n) is 6.28. The molecule has 4 N–H and O–H groups in total. The van der Waals surface area contributed by atoms with Gasteiger partial charge in [-0.15, -0.1) is 0 Å². The van der Waals surface area contributed by atoms with Crippen molar-refractivity contribution in [1.82, 2.24) is 15.3 Å². The van der Waals surface area contributed by atoms with Crippen molar-refractivity contribution in [3.63, 3.8) is 0 Å². The third kappa shape index (κ3) is 2.70. The van der Waals surface area contributed by atoms with Gasteiger partial charge in [0.2, 0.25) is 11.7 Å². The van der Waals surface area contributed by atoms with E-state index in [9.17, 15) is 4.79 Å². The standard InChI is InChI=1S/C19H27N5O2/c1-11-8-12(23-17-15(26-2)16(20)21-10-22-17)9-13-14(11)18(25)24-19(13)6-4-3-5-7-19/h10,12-13H,3-9H2,1-2H3,(H,24,25)(H3,20,21,22,23). The number of carbonyl (C=O) groups excluding carboxylic acids is 1. The highest BCUT2D eigenvalue weighted by molar-refractivity contribution is 5.98. The summed E-state index contributed by atoms with van der Waals surface area (Å²) in [5.41, 5.74) is 8.05. The van der Waals surface area contributed by atoms with Gasteiger partial charge in [-0.2, -0.15) is 0 Å². The molecule has 3 aliphatic rings. The Morgan fingerprint density at radius 3 is 2.81 bits per heavy atom. The van der Waals surface area contributed by atoms with Crippen LogP contribution >= 0.6 is 0 Å². The number of methoxy groups -OCH3 is 1. The number of hydrogen-bond acceptors (Lipinski definition) is 6. The van der Waals surface area contributed by atoms with E-state index in [1.165, 1.54) is 31.2 Å². The van der Waals surface area contributed by atoms with Crippen molar-refractivity contribution in [3.05, 3.63) is 17.5 Å². The summed E-state index contributed by atoms with van der Waals surface area (Å²) in [5, 5.41) is 6.85. The van der Waals surface area contributed by atoms with Crippen molar-refractivity contribution in [1.29, 1.82) is 0 Å². The number of carbonyl (C=O) groups is 1. The Bertz CT molecular complexity index is 754. The molecule has 26 heavy (non-hydrogen) atoms. The first kappa shape index (κ1) is 17.1. The van der Waals surface area contributed by atoms with Crippen LogP contribution in [0.1, 0.15) is 51.9 Å². The van der Waals surface area contributed by atoms with Crippen molar-refractivity contribution in [2.75, 3.05) is 18.2 Å². The van der Waals surface area contributed by atoms with E-state index in [-0.39, 0.29) is 23.4 Å². The summed E-state index contributed by atoms with van der Waals surface area (Å²) in [6, 6.07) is 0.193. The van der Waals surface area contributed by atoms with E-state index >= 15 is 0 Å². The number of anilines is 2. The number of nitrogens with two attached hydrogens (primary N) is 1. The molecule has 7 nitrogen and oxygen atoms in total. The van der Waals surface area contributed by atoms with Crippen LogP contribution in [0.5, 0.6) is 5.75 Å². The van der Waals surface area contributed by atoms with E-state index in [0.29, 0.717) is 17.4 Å². The van der Waals surface area contributed by atoms with Gasteiger partial charge in [0.25, 0.3) is 0 Å². The normalized spacial score (nSPS) is 27.2. The van der Waals surface area contributed by atoms with Gasteiger partial charge in [-0.3, -0.25) is 4.79 Å². The molecule has 2 atom stereocenters. The molecule has 1 spiro atoms. The van der Waals surface area contributed by atoms with Gasteiger partial charge in [0.05, 0.1) is 7.11 Å². The van der Waals surface area contributed by atoms with Gasteiger partial charge in [-0.05, 0) is 32.6 Å². The Morgan fingerprint density at radius 1 is 1.31 bits per heavy atom. The zero-order chi connectivity index (χ0) is 18.3. The SMILES string of the molecule is COc1c(N)ncnc1NC1CC(C)=C2C(=O)NC3(CCCCC3)C2C1. The maximum atomic E-state index is 12.7. The van der Waals surface area contributed by atoms with Gasteiger partial charge >= 0.3 is 0 Å².